The molecule has 0 saturated heterocycles. The van der Waals surface area contributed by atoms with Crippen LogP contribution >= 0.6 is 11.3 Å². The lowest BCUT2D eigenvalue weighted by molar-refractivity contribution is 0.0698. The standard InChI is InChI=1S/C23H21NO3S/c1-3-4-11-27-18-10-9-14(2)22-21(18)16(23(25)26)13-17(24-22)20-12-15-7-5-6-8-19(15)28-20/h5-10,12-13H,3-4,11H2,1-2H3,(H,25,26). The first kappa shape index (κ1) is 18.4. The van der Waals surface area contributed by atoms with E-state index >= 15 is 0 Å². The number of thiophene rings is 1. The number of carboxylic acids is 1. The van der Waals surface area contributed by atoms with Crippen LogP contribution in [0.25, 0.3) is 31.6 Å². The lowest BCUT2D eigenvalue weighted by Crippen LogP contribution is -2.04. The number of aromatic carboxylic acids is 1. The Morgan fingerprint density at radius 1 is 1.18 bits per heavy atom. The Hall–Kier alpha value is -2.92. The molecule has 0 atom stereocenters. The van der Waals surface area contributed by atoms with Gasteiger partial charge in [-0.2, -0.15) is 0 Å². The summed E-state index contributed by atoms with van der Waals surface area (Å²) in [4.78, 5) is 17.9. The summed E-state index contributed by atoms with van der Waals surface area (Å²) >= 11 is 1.62. The third-order valence-electron chi connectivity index (χ3n) is 4.79. The average Bonchev–Trinajstić information content (AvgIpc) is 3.13. The Bertz CT molecular complexity index is 1150. The molecule has 1 N–H and O–H groups in total. The van der Waals surface area contributed by atoms with Gasteiger partial charge in [0.1, 0.15) is 5.75 Å². The molecule has 0 amide bonds. The Morgan fingerprint density at radius 3 is 2.75 bits per heavy atom. The van der Waals surface area contributed by atoms with E-state index in [0.717, 1.165) is 33.4 Å². The number of nitrogens with zero attached hydrogens (tertiary/aromatic N) is 1. The highest BCUT2D eigenvalue weighted by atomic mass is 32.1. The number of aromatic nitrogens is 1. The Labute approximate surface area is 167 Å². The number of ether oxygens (including phenoxy) is 1. The van der Waals surface area contributed by atoms with Crippen molar-refractivity contribution in [2.75, 3.05) is 6.61 Å². The zero-order chi connectivity index (χ0) is 19.7. The molecule has 5 heteroatoms. The maximum absolute atomic E-state index is 12.1. The second kappa shape index (κ2) is 7.60. The summed E-state index contributed by atoms with van der Waals surface area (Å²) < 4.78 is 7.06. The van der Waals surface area contributed by atoms with Gasteiger partial charge in [-0.3, -0.25) is 0 Å². The van der Waals surface area contributed by atoms with Crippen LogP contribution in [-0.2, 0) is 0 Å². The minimum absolute atomic E-state index is 0.229. The summed E-state index contributed by atoms with van der Waals surface area (Å²) in [5.41, 5.74) is 2.53. The summed E-state index contributed by atoms with van der Waals surface area (Å²) in [7, 11) is 0. The summed E-state index contributed by atoms with van der Waals surface area (Å²) in [6.07, 6.45) is 1.94. The molecule has 0 unspecified atom stereocenters. The zero-order valence-electron chi connectivity index (χ0n) is 15.9. The van der Waals surface area contributed by atoms with Gasteiger partial charge in [-0.15, -0.1) is 11.3 Å². The predicted octanol–water partition coefficient (Wildman–Crippen LogP) is 6.30. The molecule has 0 aliphatic carbocycles. The number of carboxylic acid groups (broad SMARTS) is 1. The van der Waals surface area contributed by atoms with Gasteiger partial charge in [0.2, 0.25) is 0 Å². The molecule has 0 aliphatic rings. The van der Waals surface area contributed by atoms with Crippen molar-refractivity contribution in [2.45, 2.75) is 26.7 Å². The first-order valence-electron chi connectivity index (χ1n) is 9.38. The van der Waals surface area contributed by atoms with E-state index in [1.807, 2.05) is 31.2 Å². The van der Waals surface area contributed by atoms with E-state index < -0.39 is 5.97 Å². The highest BCUT2D eigenvalue weighted by Gasteiger charge is 2.19. The molecule has 2 aromatic carbocycles. The molecule has 0 bridgehead atoms. The largest absolute Gasteiger partial charge is 0.493 e. The molecule has 28 heavy (non-hydrogen) atoms. The van der Waals surface area contributed by atoms with Crippen molar-refractivity contribution >= 4 is 38.3 Å². The van der Waals surface area contributed by atoms with Crippen LogP contribution in [0.4, 0.5) is 0 Å². The number of aryl methyl sites for hydroxylation is 1. The van der Waals surface area contributed by atoms with Gasteiger partial charge in [0.15, 0.2) is 0 Å². The quantitative estimate of drug-likeness (QED) is 0.392. The number of pyridine rings is 1. The molecule has 142 valence electrons. The van der Waals surface area contributed by atoms with E-state index in [2.05, 4.69) is 25.1 Å². The molecule has 0 saturated carbocycles. The van der Waals surface area contributed by atoms with Crippen LogP contribution in [0.1, 0.15) is 35.7 Å². The first-order valence-corrected chi connectivity index (χ1v) is 10.2. The van der Waals surface area contributed by atoms with Crippen molar-refractivity contribution in [3.63, 3.8) is 0 Å². The maximum Gasteiger partial charge on any atom is 0.336 e. The van der Waals surface area contributed by atoms with Crippen LogP contribution < -0.4 is 4.74 Å². The molecule has 2 heterocycles. The molecule has 4 nitrogen and oxygen atoms in total. The number of unbranched alkanes of at least 4 members (excludes halogenated alkanes) is 1. The number of carbonyl (C=O) groups is 1. The fourth-order valence-corrected chi connectivity index (χ4v) is 4.32. The molecular weight excluding hydrogens is 370 g/mol. The Morgan fingerprint density at radius 2 is 2.00 bits per heavy atom. The summed E-state index contributed by atoms with van der Waals surface area (Å²) in [5.74, 6) is -0.387. The average molecular weight is 391 g/mol. The third kappa shape index (κ3) is 3.34. The topological polar surface area (TPSA) is 59.4 Å². The van der Waals surface area contributed by atoms with Gasteiger partial charge < -0.3 is 9.84 Å². The van der Waals surface area contributed by atoms with Crippen molar-refractivity contribution in [2.24, 2.45) is 0 Å². The van der Waals surface area contributed by atoms with Gasteiger partial charge in [0.05, 0.1) is 33.6 Å². The van der Waals surface area contributed by atoms with Gasteiger partial charge in [-0.1, -0.05) is 37.6 Å². The fraction of sp³-hybridized carbons (Fsp3) is 0.217. The van der Waals surface area contributed by atoms with Crippen LogP contribution in [0, 0.1) is 6.92 Å². The lowest BCUT2D eigenvalue weighted by atomic mass is 10.0. The van der Waals surface area contributed by atoms with Crippen LogP contribution in [0.15, 0.2) is 48.5 Å². The Balaban J connectivity index is 1.92. The normalized spacial score (nSPS) is 11.2. The minimum atomic E-state index is -0.972. The van der Waals surface area contributed by atoms with Crippen LogP contribution in [-0.4, -0.2) is 22.7 Å². The Kier molecular flexibility index (Phi) is 5.01. The molecule has 4 aromatic rings. The van der Waals surface area contributed by atoms with E-state index in [1.165, 1.54) is 0 Å². The molecule has 2 aromatic heterocycles. The van der Waals surface area contributed by atoms with E-state index in [1.54, 1.807) is 17.4 Å². The molecule has 0 fully saturated rings. The molecule has 0 spiro atoms. The number of hydrogen-bond acceptors (Lipinski definition) is 4. The number of rotatable bonds is 6. The van der Waals surface area contributed by atoms with Crippen molar-refractivity contribution in [3.8, 4) is 16.3 Å². The van der Waals surface area contributed by atoms with Crippen LogP contribution in [0.2, 0.25) is 0 Å². The van der Waals surface area contributed by atoms with Crippen LogP contribution in [0.5, 0.6) is 5.75 Å². The lowest BCUT2D eigenvalue weighted by Gasteiger charge is -2.13. The highest BCUT2D eigenvalue weighted by molar-refractivity contribution is 7.22. The number of fused-ring (bicyclic) bond motifs is 2. The molecule has 0 aliphatic heterocycles. The minimum Gasteiger partial charge on any atom is -0.493 e. The van der Waals surface area contributed by atoms with Crippen LogP contribution in [0.3, 0.4) is 0 Å². The van der Waals surface area contributed by atoms with E-state index in [4.69, 9.17) is 9.72 Å². The van der Waals surface area contributed by atoms with Crippen molar-refractivity contribution in [1.29, 1.82) is 0 Å². The van der Waals surface area contributed by atoms with Gasteiger partial charge in [0.25, 0.3) is 0 Å². The smallest absolute Gasteiger partial charge is 0.336 e. The molecule has 4 rings (SSSR count). The van der Waals surface area contributed by atoms with Crippen molar-refractivity contribution in [3.05, 3.63) is 59.7 Å². The number of hydrogen-bond donors (Lipinski definition) is 1. The van der Waals surface area contributed by atoms with Gasteiger partial charge in [-0.25, -0.2) is 9.78 Å². The van der Waals surface area contributed by atoms with E-state index in [9.17, 15) is 9.90 Å². The third-order valence-corrected chi connectivity index (χ3v) is 5.93. The summed E-state index contributed by atoms with van der Waals surface area (Å²) in [5, 5.41) is 11.6. The molecular formula is C23H21NO3S. The second-order valence-electron chi connectivity index (χ2n) is 6.81. The van der Waals surface area contributed by atoms with E-state index in [-0.39, 0.29) is 5.56 Å². The van der Waals surface area contributed by atoms with Gasteiger partial charge >= 0.3 is 5.97 Å². The summed E-state index contributed by atoms with van der Waals surface area (Å²) in [6.45, 7) is 4.61. The van der Waals surface area contributed by atoms with Gasteiger partial charge in [-0.05, 0) is 48.6 Å². The first-order chi connectivity index (χ1) is 13.6. The monoisotopic (exact) mass is 391 g/mol. The zero-order valence-corrected chi connectivity index (χ0v) is 16.7. The van der Waals surface area contributed by atoms with Crippen molar-refractivity contribution < 1.29 is 14.6 Å². The maximum atomic E-state index is 12.1. The van der Waals surface area contributed by atoms with Gasteiger partial charge in [0, 0.05) is 4.70 Å². The second-order valence-corrected chi connectivity index (χ2v) is 7.90. The number of benzene rings is 2. The summed E-state index contributed by atoms with van der Waals surface area (Å²) in [6, 6.07) is 15.6. The van der Waals surface area contributed by atoms with Crippen molar-refractivity contribution in [1.82, 2.24) is 4.98 Å². The predicted molar refractivity (Wildman–Crippen MR) is 115 cm³/mol. The SMILES string of the molecule is CCCCOc1ccc(C)c2nc(-c3cc4ccccc4s3)cc(C(=O)O)c12. The fourth-order valence-electron chi connectivity index (χ4n) is 3.29. The van der Waals surface area contributed by atoms with E-state index in [0.29, 0.717) is 29.0 Å². The highest BCUT2D eigenvalue weighted by Crippen LogP contribution is 2.37. The molecule has 0 radical (unpaired) electrons.